The van der Waals surface area contributed by atoms with Gasteiger partial charge in [0.2, 0.25) is 0 Å². The largest absolute Gasteiger partial charge is 0.393 e. The van der Waals surface area contributed by atoms with Crippen molar-refractivity contribution in [3.63, 3.8) is 0 Å². The molecule has 1 aliphatic rings. The van der Waals surface area contributed by atoms with Crippen LogP contribution in [0, 0.1) is 11.7 Å². The maximum absolute atomic E-state index is 13.1. The Bertz CT molecular complexity index is 582. The molecule has 0 heterocycles. The SMILES string of the molecule is CN(CC1CCCC1O)C(=O)C(=O)Nc1cc(F)ccc1Cl. The average molecular weight is 329 g/mol. The first-order valence-corrected chi connectivity index (χ1v) is 7.46. The normalized spacial score (nSPS) is 20.7. The number of hydrogen-bond acceptors (Lipinski definition) is 3. The lowest BCUT2D eigenvalue weighted by Crippen LogP contribution is -2.41. The average Bonchev–Trinajstić information content (AvgIpc) is 2.87. The van der Waals surface area contributed by atoms with Gasteiger partial charge in [0, 0.05) is 19.5 Å². The minimum Gasteiger partial charge on any atom is -0.393 e. The van der Waals surface area contributed by atoms with Gasteiger partial charge in [0.05, 0.1) is 16.8 Å². The number of carbonyl (C=O) groups is 2. The number of aliphatic hydroxyl groups excluding tert-OH is 1. The molecule has 2 rings (SSSR count). The zero-order chi connectivity index (χ0) is 16.3. The van der Waals surface area contributed by atoms with E-state index in [4.69, 9.17) is 11.6 Å². The Morgan fingerprint density at radius 1 is 1.45 bits per heavy atom. The minimum atomic E-state index is -0.887. The number of benzene rings is 1. The fourth-order valence-corrected chi connectivity index (χ4v) is 2.77. The smallest absolute Gasteiger partial charge is 0.313 e. The molecule has 120 valence electrons. The summed E-state index contributed by atoms with van der Waals surface area (Å²) in [4.78, 5) is 25.2. The second kappa shape index (κ2) is 7.07. The molecule has 0 aromatic heterocycles. The molecule has 2 amide bonds. The molecule has 7 heteroatoms. The number of halogens is 2. The van der Waals surface area contributed by atoms with Crippen LogP contribution in [-0.4, -0.2) is 41.5 Å². The van der Waals surface area contributed by atoms with Crippen LogP contribution in [-0.2, 0) is 9.59 Å². The molecule has 2 unspecified atom stereocenters. The number of likely N-dealkylation sites (N-methyl/N-ethyl adjacent to an activating group) is 1. The van der Waals surface area contributed by atoms with Gasteiger partial charge in [-0.25, -0.2) is 4.39 Å². The fraction of sp³-hybridized carbons (Fsp3) is 0.467. The highest BCUT2D eigenvalue weighted by molar-refractivity contribution is 6.41. The molecule has 0 aliphatic heterocycles. The van der Waals surface area contributed by atoms with Gasteiger partial charge < -0.3 is 15.3 Å². The Kier molecular flexibility index (Phi) is 5.37. The van der Waals surface area contributed by atoms with Crippen molar-refractivity contribution in [2.24, 2.45) is 5.92 Å². The summed E-state index contributed by atoms with van der Waals surface area (Å²) in [5.74, 6) is -2.21. The van der Waals surface area contributed by atoms with Gasteiger partial charge in [-0.3, -0.25) is 9.59 Å². The van der Waals surface area contributed by atoms with Crippen molar-refractivity contribution in [2.75, 3.05) is 18.9 Å². The molecule has 22 heavy (non-hydrogen) atoms. The third-order valence-electron chi connectivity index (χ3n) is 3.84. The molecule has 1 saturated carbocycles. The quantitative estimate of drug-likeness (QED) is 0.834. The first-order chi connectivity index (χ1) is 10.4. The van der Waals surface area contributed by atoms with Gasteiger partial charge in [-0.1, -0.05) is 18.0 Å². The Hall–Kier alpha value is -1.66. The molecule has 0 radical (unpaired) electrons. The number of amides is 2. The summed E-state index contributed by atoms with van der Waals surface area (Å²) in [6.07, 6.45) is 2.03. The molecule has 2 N–H and O–H groups in total. The van der Waals surface area contributed by atoms with E-state index in [0.29, 0.717) is 6.54 Å². The van der Waals surface area contributed by atoms with Gasteiger partial charge in [0.1, 0.15) is 5.82 Å². The minimum absolute atomic E-state index is 0.0143. The van der Waals surface area contributed by atoms with Gasteiger partial charge in [-0.15, -0.1) is 0 Å². The van der Waals surface area contributed by atoms with Crippen LogP contribution in [0.2, 0.25) is 5.02 Å². The zero-order valence-electron chi connectivity index (χ0n) is 12.2. The van der Waals surface area contributed by atoms with Gasteiger partial charge in [-0.2, -0.15) is 0 Å². The van der Waals surface area contributed by atoms with E-state index < -0.39 is 23.7 Å². The number of rotatable bonds is 3. The third kappa shape index (κ3) is 3.96. The fourth-order valence-electron chi connectivity index (χ4n) is 2.61. The van der Waals surface area contributed by atoms with Crippen molar-refractivity contribution in [3.8, 4) is 0 Å². The summed E-state index contributed by atoms with van der Waals surface area (Å²) in [6, 6.07) is 3.51. The van der Waals surface area contributed by atoms with E-state index in [1.807, 2.05) is 0 Å². The van der Waals surface area contributed by atoms with E-state index in [1.54, 1.807) is 0 Å². The Balaban J connectivity index is 1.96. The molecular formula is C15H18ClFN2O3. The summed E-state index contributed by atoms with van der Waals surface area (Å²) in [6.45, 7) is 0.310. The highest BCUT2D eigenvalue weighted by Gasteiger charge is 2.29. The van der Waals surface area contributed by atoms with E-state index in [0.717, 1.165) is 31.4 Å². The molecular weight excluding hydrogens is 311 g/mol. The molecule has 1 aromatic rings. The first kappa shape index (κ1) is 16.7. The second-order valence-electron chi connectivity index (χ2n) is 5.52. The predicted molar refractivity (Wildman–Crippen MR) is 81.0 cm³/mol. The van der Waals surface area contributed by atoms with Crippen LogP contribution < -0.4 is 5.32 Å². The highest BCUT2D eigenvalue weighted by atomic mass is 35.5. The van der Waals surface area contributed by atoms with E-state index in [1.165, 1.54) is 18.0 Å². The number of carbonyl (C=O) groups excluding carboxylic acids is 2. The molecule has 1 fully saturated rings. The van der Waals surface area contributed by atoms with Gasteiger partial charge in [0.15, 0.2) is 0 Å². The van der Waals surface area contributed by atoms with Crippen LogP contribution in [0.15, 0.2) is 18.2 Å². The monoisotopic (exact) mass is 328 g/mol. The number of nitrogens with one attached hydrogen (secondary N) is 1. The van der Waals surface area contributed by atoms with E-state index in [2.05, 4.69) is 5.32 Å². The van der Waals surface area contributed by atoms with Crippen molar-refractivity contribution in [3.05, 3.63) is 29.0 Å². The molecule has 0 saturated heterocycles. The molecule has 1 aromatic carbocycles. The van der Waals surface area contributed by atoms with Crippen LogP contribution in [0.3, 0.4) is 0 Å². The standard InChI is InChI=1S/C15H18ClFN2O3/c1-19(8-9-3-2-4-13(9)20)15(22)14(21)18-12-7-10(17)5-6-11(12)16/h5-7,9,13,20H,2-4,8H2,1H3,(H,18,21). The number of aliphatic hydroxyl groups is 1. The zero-order valence-corrected chi connectivity index (χ0v) is 12.9. The molecule has 1 aliphatic carbocycles. The van der Waals surface area contributed by atoms with Gasteiger partial charge in [0.25, 0.3) is 0 Å². The summed E-state index contributed by atoms with van der Waals surface area (Å²) >= 11 is 5.84. The first-order valence-electron chi connectivity index (χ1n) is 7.08. The van der Waals surface area contributed by atoms with Gasteiger partial charge in [-0.05, 0) is 31.0 Å². The lowest BCUT2D eigenvalue weighted by molar-refractivity contribution is -0.142. The number of hydrogen-bond donors (Lipinski definition) is 2. The summed E-state index contributed by atoms with van der Waals surface area (Å²) in [5.41, 5.74) is 0.0503. The maximum Gasteiger partial charge on any atom is 0.313 e. The Morgan fingerprint density at radius 3 is 2.82 bits per heavy atom. The summed E-state index contributed by atoms with van der Waals surface area (Å²) in [7, 11) is 1.50. The molecule has 0 bridgehead atoms. The van der Waals surface area contributed by atoms with Gasteiger partial charge >= 0.3 is 11.8 Å². The highest BCUT2D eigenvalue weighted by Crippen LogP contribution is 2.26. The predicted octanol–water partition coefficient (Wildman–Crippen LogP) is 2.04. The topological polar surface area (TPSA) is 69.6 Å². The second-order valence-corrected chi connectivity index (χ2v) is 5.93. The van der Waals surface area contributed by atoms with Crippen molar-refractivity contribution in [1.29, 1.82) is 0 Å². The summed E-state index contributed by atoms with van der Waals surface area (Å²) < 4.78 is 13.1. The lowest BCUT2D eigenvalue weighted by atomic mass is 10.1. The van der Waals surface area contributed by atoms with E-state index >= 15 is 0 Å². The van der Waals surface area contributed by atoms with Crippen LogP contribution in [0.25, 0.3) is 0 Å². The lowest BCUT2D eigenvalue weighted by Gasteiger charge is -2.22. The number of nitrogens with zero attached hydrogens (tertiary/aromatic N) is 1. The molecule has 2 atom stereocenters. The maximum atomic E-state index is 13.1. The van der Waals surface area contributed by atoms with Crippen LogP contribution >= 0.6 is 11.6 Å². The van der Waals surface area contributed by atoms with Crippen LogP contribution in [0.1, 0.15) is 19.3 Å². The van der Waals surface area contributed by atoms with Crippen molar-refractivity contribution < 1.29 is 19.1 Å². The van der Waals surface area contributed by atoms with Crippen LogP contribution in [0.5, 0.6) is 0 Å². The van der Waals surface area contributed by atoms with Crippen molar-refractivity contribution in [1.82, 2.24) is 4.90 Å². The number of anilines is 1. The van der Waals surface area contributed by atoms with E-state index in [-0.39, 0.29) is 16.6 Å². The van der Waals surface area contributed by atoms with Crippen LogP contribution in [0.4, 0.5) is 10.1 Å². The molecule has 0 spiro atoms. The third-order valence-corrected chi connectivity index (χ3v) is 4.17. The van der Waals surface area contributed by atoms with Crippen molar-refractivity contribution >= 4 is 29.1 Å². The van der Waals surface area contributed by atoms with Crippen molar-refractivity contribution in [2.45, 2.75) is 25.4 Å². The molecule has 5 nitrogen and oxygen atoms in total. The summed E-state index contributed by atoms with van der Waals surface area (Å²) in [5, 5.41) is 12.2. The Morgan fingerprint density at radius 2 is 2.18 bits per heavy atom. The van der Waals surface area contributed by atoms with E-state index in [9.17, 15) is 19.1 Å². The Labute approximate surface area is 133 Å².